The van der Waals surface area contributed by atoms with Crippen LogP contribution in [0.15, 0.2) is 53.0 Å². The van der Waals surface area contributed by atoms with Crippen molar-refractivity contribution in [1.29, 1.82) is 0 Å². The zero-order valence-electron chi connectivity index (χ0n) is 13.8. The Morgan fingerprint density at radius 3 is 2.84 bits per heavy atom. The molecule has 25 heavy (non-hydrogen) atoms. The summed E-state index contributed by atoms with van der Waals surface area (Å²) >= 11 is 3.07. The number of carbonyl (C=O) groups excluding carboxylic acids is 1. The Balaban J connectivity index is 1.60. The van der Waals surface area contributed by atoms with Crippen molar-refractivity contribution >= 4 is 29.0 Å². The first-order valence-corrected chi connectivity index (χ1v) is 9.79. The van der Waals surface area contributed by atoms with Crippen molar-refractivity contribution in [3.8, 4) is 0 Å². The van der Waals surface area contributed by atoms with Gasteiger partial charge in [0.05, 0.1) is 11.8 Å². The Labute approximate surface area is 154 Å². The second-order valence-corrected chi connectivity index (χ2v) is 7.62. The molecule has 1 unspecified atom stereocenters. The number of benzene rings is 1. The number of rotatable bonds is 8. The monoisotopic (exact) mass is 373 g/mol. The Kier molecular flexibility index (Phi) is 6.19. The van der Waals surface area contributed by atoms with Gasteiger partial charge in [-0.05, 0) is 33.9 Å². The van der Waals surface area contributed by atoms with E-state index in [4.69, 9.17) is 0 Å². The zero-order valence-corrected chi connectivity index (χ0v) is 15.5. The highest BCUT2D eigenvalue weighted by Gasteiger charge is 2.21. The number of carbonyl (C=O) groups is 1. The van der Waals surface area contributed by atoms with Gasteiger partial charge in [0.25, 0.3) is 0 Å². The molecule has 0 saturated heterocycles. The van der Waals surface area contributed by atoms with E-state index in [2.05, 4.69) is 20.8 Å². The maximum Gasteiger partial charge on any atom is 0.233 e. The predicted molar refractivity (Wildman–Crippen MR) is 99.5 cm³/mol. The molecule has 8 heteroatoms. The first-order valence-electron chi connectivity index (χ1n) is 8.03. The van der Waals surface area contributed by atoms with E-state index in [1.807, 2.05) is 54.8 Å². The fourth-order valence-electron chi connectivity index (χ4n) is 2.28. The molecule has 0 fully saturated rings. The molecule has 1 amide bonds. The summed E-state index contributed by atoms with van der Waals surface area (Å²) < 4.78 is 1.74. The predicted octanol–water partition coefficient (Wildman–Crippen LogP) is 2.97. The second kappa shape index (κ2) is 8.77. The topological polar surface area (TPSA) is 72.7 Å². The lowest BCUT2D eigenvalue weighted by Crippen LogP contribution is -2.32. The lowest BCUT2D eigenvalue weighted by Gasteiger charge is -2.14. The molecule has 6 nitrogen and oxygen atoms in total. The number of tetrazole rings is 1. The molecular weight excluding hydrogens is 354 g/mol. The van der Waals surface area contributed by atoms with Crippen molar-refractivity contribution in [3.05, 3.63) is 58.3 Å². The summed E-state index contributed by atoms with van der Waals surface area (Å²) in [6.45, 7) is 3.14. The van der Waals surface area contributed by atoms with Crippen LogP contribution in [0, 0.1) is 0 Å². The summed E-state index contributed by atoms with van der Waals surface area (Å²) in [6.07, 6.45) is 0.706. The van der Waals surface area contributed by atoms with Gasteiger partial charge in [-0.25, -0.2) is 4.68 Å². The fourth-order valence-corrected chi connectivity index (χ4v) is 3.88. The lowest BCUT2D eigenvalue weighted by atomic mass is 10.2. The van der Waals surface area contributed by atoms with E-state index in [0.717, 1.165) is 5.56 Å². The molecule has 2 aromatic heterocycles. The van der Waals surface area contributed by atoms with Crippen LogP contribution in [0.1, 0.15) is 23.8 Å². The van der Waals surface area contributed by atoms with Gasteiger partial charge >= 0.3 is 0 Å². The largest absolute Gasteiger partial charge is 0.351 e. The SMILES string of the molecule is CCC(Sc1nnnn1Cc1cccs1)C(=O)NCc1ccccc1. The molecule has 1 aromatic carbocycles. The van der Waals surface area contributed by atoms with E-state index in [1.54, 1.807) is 16.0 Å². The summed E-state index contributed by atoms with van der Waals surface area (Å²) in [5, 5.41) is 17.3. The van der Waals surface area contributed by atoms with Crippen LogP contribution in [0.5, 0.6) is 0 Å². The molecular formula is C17H19N5OS2. The highest BCUT2D eigenvalue weighted by atomic mass is 32.2. The van der Waals surface area contributed by atoms with Crippen molar-refractivity contribution in [2.45, 2.75) is 36.8 Å². The van der Waals surface area contributed by atoms with E-state index in [9.17, 15) is 4.79 Å². The Morgan fingerprint density at radius 1 is 1.28 bits per heavy atom. The first-order chi connectivity index (χ1) is 12.3. The molecule has 0 aliphatic heterocycles. The number of nitrogens with zero attached hydrogens (tertiary/aromatic N) is 4. The summed E-state index contributed by atoms with van der Waals surface area (Å²) in [5.41, 5.74) is 1.08. The number of hydrogen-bond donors (Lipinski definition) is 1. The Hall–Kier alpha value is -2.19. The van der Waals surface area contributed by atoms with Gasteiger partial charge in [-0.15, -0.1) is 16.4 Å². The van der Waals surface area contributed by atoms with Gasteiger partial charge < -0.3 is 5.32 Å². The van der Waals surface area contributed by atoms with E-state index < -0.39 is 0 Å². The molecule has 2 heterocycles. The van der Waals surface area contributed by atoms with E-state index in [0.29, 0.717) is 24.7 Å². The van der Waals surface area contributed by atoms with Crippen LogP contribution in [0.2, 0.25) is 0 Å². The molecule has 0 spiro atoms. The zero-order chi connectivity index (χ0) is 17.5. The van der Waals surface area contributed by atoms with Crippen LogP contribution < -0.4 is 5.32 Å². The van der Waals surface area contributed by atoms with Crippen LogP contribution >= 0.6 is 23.1 Å². The number of hydrogen-bond acceptors (Lipinski definition) is 6. The van der Waals surface area contributed by atoms with E-state index >= 15 is 0 Å². The Morgan fingerprint density at radius 2 is 2.12 bits per heavy atom. The number of nitrogens with one attached hydrogen (secondary N) is 1. The average Bonchev–Trinajstić information content (AvgIpc) is 3.31. The molecule has 1 N–H and O–H groups in total. The van der Waals surface area contributed by atoms with Gasteiger partial charge in [0.15, 0.2) is 0 Å². The van der Waals surface area contributed by atoms with Crippen molar-refractivity contribution in [2.24, 2.45) is 0 Å². The minimum absolute atomic E-state index is 0.00188. The standard InChI is InChI=1S/C17H19N5OS2/c1-2-15(16(23)18-11-13-7-4-3-5-8-13)25-17-19-20-21-22(17)12-14-9-6-10-24-14/h3-10,15H,2,11-12H2,1H3,(H,18,23). The number of aromatic nitrogens is 4. The van der Waals surface area contributed by atoms with Gasteiger partial charge in [-0.2, -0.15) is 0 Å². The van der Waals surface area contributed by atoms with E-state index in [1.165, 1.54) is 16.6 Å². The van der Waals surface area contributed by atoms with Gasteiger partial charge in [0.2, 0.25) is 11.1 Å². The highest BCUT2D eigenvalue weighted by molar-refractivity contribution is 8.00. The molecule has 1 atom stereocenters. The molecule has 0 radical (unpaired) electrons. The second-order valence-electron chi connectivity index (χ2n) is 5.42. The maximum absolute atomic E-state index is 12.5. The van der Waals surface area contributed by atoms with Crippen LogP contribution in [-0.2, 0) is 17.9 Å². The highest BCUT2D eigenvalue weighted by Crippen LogP contribution is 2.24. The maximum atomic E-state index is 12.5. The van der Waals surface area contributed by atoms with Crippen LogP contribution in [-0.4, -0.2) is 31.4 Å². The van der Waals surface area contributed by atoms with Crippen LogP contribution in [0.3, 0.4) is 0 Å². The third-order valence-electron chi connectivity index (χ3n) is 3.61. The van der Waals surface area contributed by atoms with Gasteiger partial charge in [-0.1, -0.05) is 55.1 Å². The third-order valence-corrected chi connectivity index (χ3v) is 5.80. The quantitative estimate of drug-likeness (QED) is 0.615. The molecule has 3 aromatic rings. The third kappa shape index (κ3) is 4.90. The van der Waals surface area contributed by atoms with Crippen molar-refractivity contribution in [1.82, 2.24) is 25.5 Å². The molecule has 130 valence electrons. The van der Waals surface area contributed by atoms with Crippen molar-refractivity contribution < 1.29 is 4.79 Å². The van der Waals surface area contributed by atoms with Gasteiger partial charge in [0, 0.05) is 11.4 Å². The number of thiophene rings is 1. The number of amides is 1. The summed E-state index contributed by atoms with van der Waals surface area (Å²) in [4.78, 5) is 13.7. The lowest BCUT2D eigenvalue weighted by molar-refractivity contribution is -0.120. The molecule has 0 aliphatic rings. The first kappa shape index (κ1) is 17.6. The molecule has 0 bridgehead atoms. The molecule has 0 saturated carbocycles. The number of thioether (sulfide) groups is 1. The van der Waals surface area contributed by atoms with Gasteiger partial charge in [0.1, 0.15) is 0 Å². The summed E-state index contributed by atoms with van der Waals surface area (Å²) in [7, 11) is 0. The summed E-state index contributed by atoms with van der Waals surface area (Å²) in [5.74, 6) is 0.00188. The van der Waals surface area contributed by atoms with Crippen LogP contribution in [0.4, 0.5) is 0 Å². The van der Waals surface area contributed by atoms with Crippen LogP contribution in [0.25, 0.3) is 0 Å². The Bertz CT molecular complexity index is 788. The molecule has 3 rings (SSSR count). The van der Waals surface area contributed by atoms with Crippen molar-refractivity contribution in [3.63, 3.8) is 0 Å². The van der Waals surface area contributed by atoms with Gasteiger partial charge in [-0.3, -0.25) is 4.79 Å². The van der Waals surface area contributed by atoms with Crippen molar-refractivity contribution in [2.75, 3.05) is 0 Å². The fraction of sp³-hybridized carbons (Fsp3) is 0.294. The average molecular weight is 374 g/mol. The van der Waals surface area contributed by atoms with E-state index in [-0.39, 0.29) is 11.2 Å². The molecule has 0 aliphatic carbocycles. The smallest absolute Gasteiger partial charge is 0.233 e. The normalized spacial score (nSPS) is 12.0. The minimum Gasteiger partial charge on any atom is -0.351 e. The summed E-state index contributed by atoms with van der Waals surface area (Å²) in [6, 6.07) is 13.9. The minimum atomic E-state index is -0.225.